The molecular weight excluding hydrogens is 468 g/mol. The molecule has 9 nitrogen and oxygen atoms in total. The molecule has 5 aliphatic rings. The Labute approximate surface area is 208 Å². The average Bonchev–Trinajstić information content (AvgIpc) is 3.12. The van der Waals surface area contributed by atoms with Crippen molar-refractivity contribution in [3.05, 3.63) is 59.1 Å². The van der Waals surface area contributed by atoms with Crippen molar-refractivity contribution in [1.29, 1.82) is 0 Å². The lowest BCUT2D eigenvalue weighted by Crippen LogP contribution is -2.73. The normalized spacial score (nSPS) is 50.1. The first-order valence-corrected chi connectivity index (χ1v) is 12.1. The van der Waals surface area contributed by atoms with Crippen LogP contribution in [0.3, 0.4) is 0 Å². The van der Waals surface area contributed by atoms with Crippen molar-refractivity contribution in [3.8, 4) is 0 Å². The van der Waals surface area contributed by atoms with E-state index in [1.54, 1.807) is 31.2 Å². The summed E-state index contributed by atoms with van der Waals surface area (Å²) in [5, 5.41) is 58.6. The predicted octanol–water partition coefficient (Wildman–Crippen LogP) is 2.41. The highest BCUT2D eigenvalue weighted by Crippen LogP contribution is 2.83. The van der Waals surface area contributed by atoms with Gasteiger partial charge < -0.3 is 35.0 Å². The predicted molar refractivity (Wildman–Crippen MR) is 126 cm³/mol. The number of allylic oxidation sites excluding steroid dienone is 6. The van der Waals surface area contributed by atoms with Crippen LogP contribution >= 0.6 is 0 Å². The average molecular weight is 501 g/mol. The maximum atomic E-state index is 14.2. The van der Waals surface area contributed by atoms with E-state index in [2.05, 4.69) is 0 Å². The standard InChI is InChI=1S/C27H32O9/c1-6-8-10-12-14(28)16-18-22(3)21(31)17(15(29)13-11-9-7-2)19-23(4,20(16)30)26(33)24(18,5)35-27(22,34)25(19,32)36-26/h6-9,11,13,18-19,29-30,32-34H,10,12H2,1-5H3/b8-6+,9-7+,13-11+,17-15-/t18?,19?,22-,23-,24+,25+,26-,27-/m1/s1. The molecular formula is C27H32O9. The van der Waals surface area contributed by atoms with E-state index < -0.39 is 68.7 Å². The first-order valence-electron chi connectivity index (χ1n) is 12.1. The molecule has 9 heteroatoms. The van der Waals surface area contributed by atoms with Gasteiger partial charge in [-0.3, -0.25) is 9.59 Å². The Morgan fingerprint density at radius 2 is 1.64 bits per heavy atom. The number of hydrogen-bond acceptors (Lipinski definition) is 9. The Bertz CT molecular complexity index is 1240. The molecule has 2 saturated carbocycles. The fraction of sp³-hybridized carbons (Fsp3) is 0.556. The quantitative estimate of drug-likeness (QED) is 0.160. The van der Waals surface area contributed by atoms with E-state index in [0.29, 0.717) is 6.42 Å². The molecule has 0 spiro atoms. The van der Waals surface area contributed by atoms with E-state index in [4.69, 9.17) is 9.47 Å². The molecule has 0 amide bonds. The largest absolute Gasteiger partial charge is 0.511 e. The van der Waals surface area contributed by atoms with Gasteiger partial charge in [0.25, 0.3) is 0 Å². The van der Waals surface area contributed by atoms with Gasteiger partial charge >= 0.3 is 0 Å². The number of carbonyl (C=O) groups excluding carboxylic acids is 2. The second-order valence-electron chi connectivity index (χ2n) is 10.9. The van der Waals surface area contributed by atoms with Crippen molar-refractivity contribution in [3.63, 3.8) is 0 Å². The summed E-state index contributed by atoms with van der Waals surface area (Å²) in [6.07, 6.45) is 9.99. The smallest absolute Gasteiger partial charge is 0.236 e. The summed E-state index contributed by atoms with van der Waals surface area (Å²) in [5.41, 5.74) is -6.48. The molecule has 194 valence electrons. The zero-order chi connectivity index (χ0) is 26.7. The van der Waals surface area contributed by atoms with Gasteiger partial charge in [-0.2, -0.15) is 0 Å². The minimum absolute atomic E-state index is 0.00332. The van der Waals surface area contributed by atoms with E-state index in [1.807, 2.05) is 6.92 Å². The number of carbonyl (C=O) groups is 2. The number of Topliss-reactive ketones (excluding diaryl/α,β-unsaturated/α-hetero) is 2. The molecule has 3 aliphatic carbocycles. The van der Waals surface area contributed by atoms with Crippen LogP contribution in [0.25, 0.3) is 0 Å². The van der Waals surface area contributed by atoms with Crippen molar-refractivity contribution >= 4 is 11.6 Å². The number of ketones is 2. The molecule has 0 aromatic carbocycles. The van der Waals surface area contributed by atoms with Crippen molar-refractivity contribution in [1.82, 2.24) is 0 Å². The summed E-state index contributed by atoms with van der Waals surface area (Å²) in [6.45, 7) is 7.64. The van der Waals surface area contributed by atoms with Gasteiger partial charge in [0.15, 0.2) is 11.6 Å². The Kier molecular flexibility index (Phi) is 4.92. The van der Waals surface area contributed by atoms with Crippen LogP contribution in [-0.2, 0) is 19.1 Å². The third-order valence-electron chi connectivity index (χ3n) is 9.27. The molecule has 4 fully saturated rings. The summed E-state index contributed by atoms with van der Waals surface area (Å²) in [4.78, 5) is 27.8. The van der Waals surface area contributed by atoms with Gasteiger partial charge in [0.05, 0.1) is 16.7 Å². The Morgan fingerprint density at radius 1 is 0.972 bits per heavy atom. The van der Waals surface area contributed by atoms with Crippen LogP contribution in [0.1, 0.15) is 47.5 Å². The maximum absolute atomic E-state index is 14.2. The SMILES string of the molecule is C/C=C/C=C/C(O)=C1/C(=O)[C@@]2(C)C3C(C(=O)CC/C=C/C)=C(O)[C@@]4(C)C1[C@]1(O)O[C@@]4(O)[C@@]3(C)O[C@@]12O. The Balaban J connectivity index is 1.89. The van der Waals surface area contributed by atoms with E-state index in [1.165, 1.54) is 32.9 Å². The van der Waals surface area contributed by atoms with Gasteiger partial charge in [-0.25, -0.2) is 0 Å². The third-order valence-corrected chi connectivity index (χ3v) is 9.27. The molecule has 0 radical (unpaired) electrons. The zero-order valence-corrected chi connectivity index (χ0v) is 20.9. The van der Waals surface area contributed by atoms with Gasteiger partial charge in [-0.15, -0.1) is 0 Å². The molecule has 2 saturated heterocycles. The molecule has 5 rings (SSSR count). The fourth-order valence-electron chi connectivity index (χ4n) is 7.67. The van der Waals surface area contributed by atoms with Crippen LogP contribution in [0.15, 0.2) is 59.1 Å². The topological polar surface area (TPSA) is 154 Å². The molecule has 2 heterocycles. The van der Waals surface area contributed by atoms with Crippen molar-refractivity contribution < 1.29 is 44.6 Å². The van der Waals surface area contributed by atoms with Crippen LogP contribution in [0.2, 0.25) is 0 Å². The maximum Gasteiger partial charge on any atom is 0.236 e. The lowest BCUT2D eigenvalue weighted by atomic mass is 9.42. The lowest BCUT2D eigenvalue weighted by Gasteiger charge is -2.57. The van der Waals surface area contributed by atoms with E-state index in [9.17, 15) is 35.1 Å². The molecule has 2 unspecified atom stereocenters. The van der Waals surface area contributed by atoms with Gasteiger partial charge in [0.1, 0.15) is 17.1 Å². The monoisotopic (exact) mass is 500 g/mol. The number of rotatable bonds is 6. The molecule has 36 heavy (non-hydrogen) atoms. The highest BCUT2D eigenvalue weighted by Gasteiger charge is 3.00. The van der Waals surface area contributed by atoms with Crippen molar-refractivity contribution in [2.75, 3.05) is 0 Å². The van der Waals surface area contributed by atoms with E-state index in [-0.39, 0.29) is 17.6 Å². The summed E-state index contributed by atoms with van der Waals surface area (Å²) < 4.78 is 11.9. The van der Waals surface area contributed by atoms with Crippen LogP contribution in [0, 0.1) is 22.7 Å². The van der Waals surface area contributed by atoms with Crippen LogP contribution in [-0.4, -0.2) is 60.1 Å². The molecule has 2 aliphatic heterocycles. The molecule has 8 atom stereocenters. The van der Waals surface area contributed by atoms with Crippen molar-refractivity contribution in [2.45, 2.75) is 70.4 Å². The van der Waals surface area contributed by atoms with Crippen LogP contribution in [0.5, 0.6) is 0 Å². The summed E-state index contributed by atoms with van der Waals surface area (Å²) >= 11 is 0. The lowest BCUT2D eigenvalue weighted by molar-refractivity contribution is -0.496. The highest BCUT2D eigenvalue weighted by atomic mass is 16.8. The van der Waals surface area contributed by atoms with Gasteiger partial charge in [0, 0.05) is 23.5 Å². The summed E-state index contributed by atoms with van der Waals surface area (Å²) in [6, 6.07) is 0. The number of aliphatic hydroxyl groups is 5. The minimum Gasteiger partial charge on any atom is -0.511 e. The summed E-state index contributed by atoms with van der Waals surface area (Å²) in [5.74, 6) is -13.2. The number of ether oxygens (including phenoxy) is 2. The second-order valence-corrected chi connectivity index (χ2v) is 10.9. The van der Waals surface area contributed by atoms with Gasteiger partial charge in [0.2, 0.25) is 17.4 Å². The molecule has 0 aromatic heterocycles. The fourth-order valence-corrected chi connectivity index (χ4v) is 7.67. The Morgan fingerprint density at radius 3 is 2.25 bits per heavy atom. The first kappa shape index (κ1) is 25.1. The molecule has 8 bridgehead atoms. The van der Waals surface area contributed by atoms with Crippen LogP contribution < -0.4 is 0 Å². The molecule has 5 N–H and O–H groups in total. The third kappa shape index (κ3) is 2.19. The second kappa shape index (κ2) is 7.05. The minimum atomic E-state index is -2.72. The van der Waals surface area contributed by atoms with Gasteiger partial charge in [-0.1, -0.05) is 30.4 Å². The number of aliphatic hydroxyl groups excluding tert-OH is 2. The van der Waals surface area contributed by atoms with Gasteiger partial charge in [-0.05, 0) is 47.1 Å². The zero-order valence-electron chi connectivity index (χ0n) is 20.9. The molecule has 0 aromatic rings. The first-order chi connectivity index (χ1) is 16.7. The summed E-state index contributed by atoms with van der Waals surface area (Å²) in [7, 11) is 0. The number of hydrogen-bond donors (Lipinski definition) is 5. The van der Waals surface area contributed by atoms with E-state index >= 15 is 0 Å². The van der Waals surface area contributed by atoms with E-state index in [0.717, 1.165) is 0 Å². The highest BCUT2D eigenvalue weighted by molar-refractivity contribution is 6.08. The Hall–Kier alpha value is -2.56. The van der Waals surface area contributed by atoms with Crippen LogP contribution in [0.4, 0.5) is 0 Å². The van der Waals surface area contributed by atoms with Crippen molar-refractivity contribution in [2.24, 2.45) is 22.7 Å².